The van der Waals surface area contributed by atoms with E-state index in [1.54, 1.807) is 12.3 Å². The van der Waals surface area contributed by atoms with Crippen molar-refractivity contribution >= 4 is 5.97 Å². The van der Waals surface area contributed by atoms with Gasteiger partial charge < -0.3 is 10.5 Å². The van der Waals surface area contributed by atoms with E-state index in [-0.39, 0.29) is 12.0 Å². The van der Waals surface area contributed by atoms with Crippen LogP contribution in [0.4, 0.5) is 0 Å². The second-order valence-corrected chi connectivity index (χ2v) is 5.02. The summed E-state index contributed by atoms with van der Waals surface area (Å²) in [6.07, 6.45) is 3.99. The molecule has 0 aliphatic heterocycles. The Morgan fingerprint density at radius 2 is 2.12 bits per heavy atom. The molecule has 94 valence electrons. The third-order valence-corrected chi connectivity index (χ3v) is 2.26. The molecule has 0 aliphatic rings. The van der Waals surface area contributed by atoms with Gasteiger partial charge in [-0.3, -0.25) is 4.98 Å². The van der Waals surface area contributed by atoms with Gasteiger partial charge in [0.2, 0.25) is 0 Å². The van der Waals surface area contributed by atoms with E-state index in [0.717, 1.165) is 12.0 Å². The molecule has 0 amide bonds. The SMILES string of the molecule is CC[C@@H](N)c1cncc(C(=O)OC(C)(C)C)c1. The van der Waals surface area contributed by atoms with Gasteiger partial charge in [-0.25, -0.2) is 4.79 Å². The van der Waals surface area contributed by atoms with E-state index in [2.05, 4.69) is 4.98 Å². The summed E-state index contributed by atoms with van der Waals surface area (Å²) < 4.78 is 5.27. The summed E-state index contributed by atoms with van der Waals surface area (Å²) in [6.45, 7) is 7.49. The maximum Gasteiger partial charge on any atom is 0.340 e. The predicted molar refractivity (Wildman–Crippen MR) is 66.6 cm³/mol. The molecule has 1 aromatic rings. The molecule has 0 aromatic carbocycles. The number of carbonyl (C=O) groups is 1. The number of carbonyl (C=O) groups excluding carboxylic acids is 1. The summed E-state index contributed by atoms with van der Waals surface area (Å²) in [5.74, 6) is -0.366. The smallest absolute Gasteiger partial charge is 0.340 e. The predicted octanol–water partition coefficient (Wildman–Crippen LogP) is 2.45. The number of nitrogens with two attached hydrogens (primary N) is 1. The topological polar surface area (TPSA) is 65.2 Å². The number of pyridine rings is 1. The van der Waals surface area contributed by atoms with Gasteiger partial charge in [-0.05, 0) is 38.8 Å². The van der Waals surface area contributed by atoms with Crippen LogP contribution >= 0.6 is 0 Å². The lowest BCUT2D eigenvalue weighted by molar-refractivity contribution is 0.00689. The Hall–Kier alpha value is -1.42. The molecule has 0 aliphatic carbocycles. The first-order chi connectivity index (χ1) is 7.83. The Morgan fingerprint density at radius 1 is 1.47 bits per heavy atom. The van der Waals surface area contributed by atoms with Crippen LogP contribution in [0.5, 0.6) is 0 Å². The number of hydrogen-bond acceptors (Lipinski definition) is 4. The minimum Gasteiger partial charge on any atom is -0.456 e. The van der Waals surface area contributed by atoms with Gasteiger partial charge in [-0.2, -0.15) is 0 Å². The minimum absolute atomic E-state index is 0.0927. The lowest BCUT2D eigenvalue weighted by Crippen LogP contribution is -2.24. The number of ether oxygens (including phenoxy) is 1. The highest BCUT2D eigenvalue weighted by Gasteiger charge is 2.18. The first kappa shape index (κ1) is 13.6. The van der Waals surface area contributed by atoms with Gasteiger partial charge in [0.1, 0.15) is 5.60 Å². The Balaban J connectivity index is 2.88. The van der Waals surface area contributed by atoms with E-state index in [9.17, 15) is 4.79 Å². The lowest BCUT2D eigenvalue weighted by Gasteiger charge is -2.19. The highest BCUT2D eigenvalue weighted by atomic mass is 16.6. The van der Waals surface area contributed by atoms with Crippen molar-refractivity contribution in [3.8, 4) is 0 Å². The Kier molecular flexibility index (Phi) is 4.23. The van der Waals surface area contributed by atoms with Crippen LogP contribution in [0.2, 0.25) is 0 Å². The monoisotopic (exact) mass is 236 g/mol. The number of aromatic nitrogens is 1. The molecule has 0 spiro atoms. The van der Waals surface area contributed by atoms with Crippen molar-refractivity contribution in [3.05, 3.63) is 29.6 Å². The van der Waals surface area contributed by atoms with Crippen LogP contribution in [-0.2, 0) is 4.74 Å². The molecule has 17 heavy (non-hydrogen) atoms. The molecular formula is C13H20N2O2. The van der Waals surface area contributed by atoms with E-state index in [1.165, 1.54) is 6.20 Å². The van der Waals surface area contributed by atoms with Crippen molar-refractivity contribution in [2.24, 2.45) is 5.73 Å². The normalized spacial score (nSPS) is 13.2. The number of esters is 1. The van der Waals surface area contributed by atoms with Crippen LogP contribution in [-0.4, -0.2) is 16.6 Å². The molecule has 0 fully saturated rings. The average Bonchev–Trinajstić information content (AvgIpc) is 2.26. The van der Waals surface area contributed by atoms with Crippen molar-refractivity contribution in [2.45, 2.75) is 45.8 Å². The Bertz CT molecular complexity index is 397. The van der Waals surface area contributed by atoms with Crippen LogP contribution < -0.4 is 5.73 Å². The van der Waals surface area contributed by atoms with Gasteiger partial charge in [0.25, 0.3) is 0 Å². The highest BCUT2D eigenvalue weighted by molar-refractivity contribution is 5.89. The summed E-state index contributed by atoms with van der Waals surface area (Å²) in [4.78, 5) is 15.8. The minimum atomic E-state index is -0.500. The quantitative estimate of drug-likeness (QED) is 0.819. The molecule has 0 radical (unpaired) electrons. The molecule has 0 bridgehead atoms. The van der Waals surface area contributed by atoms with Gasteiger partial charge in [0.15, 0.2) is 0 Å². The van der Waals surface area contributed by atoms with Crippen LogP contribution in [0.25, 0.3) is 0 Å². The number of nitrogens with zero attached hydrogens (tertiary/aromatic N) is 1. The Morgan fingerprint density at radius 3 is 2.65 bits per heavy atom. The third-order valence-electron chi connectivity index (χ3n) is 2.26. The zero-order valence-corrected chi connectivity index (χ0v) is 10.9. The maximum absolute atomic E-state index is 11.8. The second kappa shape index (κ2) is 5.27. The van der Waals surface area contributed by atoms with Crippen LogP contribution in [0.3, 0.4) is 0 Å². The van der Waals surface area contributed by atoms with Crippen molar-refractivity contribution in [1.29, 1.82) is 0 Å². The van der Waals surface area contributed by atoms with E-state index < -0.39 is 5.60 Å². The van der Waals surface area contributed by atoms with Crippen molar-refractivity contribution in [2.75, 3.05) is 0 Å². The van der Waals surface area contributed by atoms with Gasteiger partial charge in [0, 0.05) is 18.4 Å². The highest BCUT2D eigenvalue weighted by Crippen LogP contribution is 2.16. The molecule has 2 N–H and O–H groups in total. The molecule has 0 saturated carbocycles. The van der Waals surface area contributed by atoms with Crippen molar-refractivity contribution in [3.63, 3.8) is 0 Å². The fourth-order valence-electron chi connectivity index (χ4n) is 1.34. The second-order valence-electron chi connectivity index (χ2n) is 5.02. The summed E-state index contributed by atoms with van der Waals surface area (Å²) in [5.41, 5.74) is 6.70. The lowest BCUT2D eigenvalue weighted by atomic mass is 10.1. The summed E-state index contributed by atoms with van der Waals surface area (Å²) >= 11 is 0. The first-order valence-electron chi connectivity index (χ1n) is 5.77. The maximum atomic E-state index is 11.8. The number of rotatable bonds is 3. The van der Waals surface area contributed by atoms with Gasteiger partial charge in [0.05, 0.1) is 5.56 Å². The molecule has 1 aromatic heterocycles. The largest absolute Gasteiger partial charge is 0.456 e. The summed E-state index contributed by atoms with van der Waals surface area (Å²) in [6, 6.07) is 1.65. The van der Waals surface area contributed by atoms with Crippen LogP contribution in [0.15, 0.2) is 18.5 Å². The molecule has 0 unspecified atom stereocenters. The molecular weight excluding hydrogens is 216 g/mol. The first-order valence-corrected chi connectivity index (χ1v) is 5.77. The molecule has 1 heterocycles. The fourth-order valence-corrected chi connectivity index (χ4v) is 1.34. The van der Waals surface area contributed by atoms with Crippen LogP contribution in [0, 0.1) is 0 Å². The molecule has 4 nitrogen and oxygen atoms in total. The van der Waals surface area contributed by atoms with E-state index in [0.29, 0.717) is 5.56 Å². The van der Waals surface area contributed by atoms with Crippen LogP contribution in [0.1, 0.15) is 56.1 Å². The fraction of sp³-hybridized carbons (Fsp3) is 0.538. The summed E-state index contributed by atoms with van der Waals surface area (Å²) in [5, 5.41) is 0. The zero-order chi connectivity index (χ0) is 13.1. The Labute approximate surface area is 102 Å². The standard InChI is InChI=1S/C13H20N2O2/c1-5-11(14)9-6-10(8-15-7-9)12(16)17-13(2,3)4/h6-8,11H,5,14H2,1-4H3/t11-/m1/s1. The average molecular weight is 236 g/mol. The number of hydrogen-bond donors (Lipinski definition) is 1. The van der Waals surface area contributed by atoms with Gasteiger partial charge >= 0.3 is 5.97 Å². The molecule has 1 rings (SSSR count). The van der Waals surface area contributed by atoms with Crippen molar-refractivity contribution < 1.29 is 9.53 Å². The third kappa shape index (κ3) is 4.15. The zero-order valence-electron chi connectivity index (χ0n) is 10.9. The summed E-state index contributed by atoms with van der Waals surface area (Å²) in [7, 11) is 0. The van der Waals surface area contributed by atoms with Gasteiger partial charge in [-0.1, -0.05) is 6.92 Å². The van der Waals surface area contributed by atoms with Gasteiger partial charge in [-0.15, -0.1) is 0 Å². The van der Waals surface area contributed by atoms with Crippen molar-refractivity contribution in [1.82, 2.24) is 4.98 Å². The molecule has 1 atom stereocenters. The van der Waals surface area contributed by atoms with E-state index >= 15 is 0 Å². The molecule has 0 saturated heterocycles. The van der Waals surface area contributed by atoms with E-state index in [4.69, 9.17) is 10.5 Å². The van der Waals surface area contributed by atoms with E-state index in [1.807, 2.05) is 27.7 Å². The molecule has 4 heteroatoms.